The average molecular weight is 474 g/mol. The van der Waals surface area contributed by atoms with Crippen LogP contribution in [0, 0.1) is 20.8 Å². The van der Waals surface area contributed by atoms with Gasteiger partial charge in [0.2, 0.25) is 11.1 Å². The summed E-state index contributed by atoms with van der Waals surface area (Å²) in [6.07, 6.45) is 0. The number of anilines is 1. The summed E-state index contributed by atoms with van der Waals surface area (Å²) >= 11 is 1.24. The first-order chi connectivity index (χ1) is 16.4. The molecule has 3 aromatic carbocycles. The summed E-state index contributed by atoms with van der Waals surface area (Å²) in [4.78, 5) is 13.3. The van der Waals surface area contributed by atoms with Crippen LogP contribution < -0.4 is 15.9 Å². The van der Waals surface area contributed by atoms with Gasteiger partial charge in [0, 0.05) is 5.69 Å². The molecule has 0 saturated carbocycles. The van der Waals surface area contributed by atoms with Crippen molar-refractivity contribution in [3.05, 3.63) is 101 Å². The Morgan fingerprint density at radius 1 is 0.971 bits per heavy atom. The fraction of sp³-hybridized carbons (Fsp3) is 0.192. The Labute approximate surface area is 203 Å². The number of amides is 1. The van der Waals surface area contributed by atoms with Gasteiger partial charge >= 0.3 is 0 Å². The number of nitrogens with one attached hydrogen (secondary N) is 1. The highest BCUT2D eigenvalue weighted by atomic mass is 32.2. The molecule has 0 aliphatic heterocycles. The van der Waals surface area contributed by atoms with Gasteiger partial charge in [-0.1, -0.05) is 78.0 Å². The van der Waals surface area contributed by atoms with Crippen LogP contribution in [0.3, 0.4) is 0 Å². The molecular weight excluding hydrogens is 446 g/mol. The molecule has 0 saturated heterocycles. The topological polar surface area (TPSA) is 95.1 Å². The van der Waals surface area contributed by atoms with E-state index in [0.717, 1.165) is 33.7 Å². The highest BCUT2D eigenvalue weighted by Gasteiger charge is 2.25. The molecular formula is C26H27N5O2S. The number of aromatic nitrogens is 3. The number of carbonyl (C=O) groups is 1. The molecule has 8 heteroatoms. The minimum atomic E-state index is -0.568. The Balaban J connectivity index is 1.53. The summed E-state index contributed by atoms with van der Waals surface area (Å²) in [6, 6.07) is 23.2. The molecule has 1 atom stereocenters. The number of benzene rings is 3. The zero-order valence-electron chi connectivity index (χ0n) is 19.4. The Bertz CT molecular complexity index is 1250. The molecule has 1 amide bonds. The minimum absolute atomic E-state index is 0.168. The van der Waals surface area contributed by atoms with Gasteiger partial charge in [-0.25, -0.2) is 4.68 Å². The maximum atomic E-state index is 13.3. The summed E-state index contributed by atoms with van der Waals surface area (Å²) < 4.78 is 7.36. The van der Waals surface area contributed by atoms with E-state index in [2.05, 4.69) is 15.5 Å². The smallest absolute Gasteiger partial charge is 0.242 e. The number of aryl methyl sites for hydroxylation is 3. The fourth-order valence-corrected chi connectivity index (χ4v) is 4.48. The highest BCUT2D eigenvalue weighted by molar-refractivity contribution is 8.00. The second-order valence-corrected chi connectivity index (χ2v) is 9.11. The number of hydrogen-bond acceptors (Lipinski definition) is 6. The summed E-state index contributed by atoms with van der Waals surface area (Å²) in [6.45, 7) is 6.16. The fourth-order valence-electron chi connectivity index (χ4n) is 3.50. The van der Waals surface area contributed by atoms with Gasteiger partial charge in [0.25, 0.3) is 0 Å². The molecule has 0 aliphatic carbocycles. The van der Waals surface area contributed by atoms with Crippen molar-refractivity contribution in [2.24, 2.45) is 0 Å². The monoisotopic (exact) mass is 473 g/mol. The lowest BCUT2D eigenvalue weighted by atomic mass is 10.1. The third-order valence-corrected chi connectivity index (χ3v) is 6.58. The van der Waals surface area contributed by atoms with Crippen LogP contribution in [-0.4, -0.2) is 20.8 Å². The van der Waals surface area contributed by atoms with Crippen molar-refractivity contribution in [2.45, 2.75) is 37.8 Å². The molecule has 1 aromatic heterocycles. The van der Waals surface area contributed by atoms with Gasteiger partial charge in [-0.3, -0.25) is 4.79 Å². The Kier molecular flexibility index (Phi) is 7.18. The second kappa shape index (κ2) is 10.4. The van der Waals surface area contributed by atoms with Crippen molar-refractivity contribution >= 4 is 23.4 Å². The van der Waals surface area contributed by atoms with Gasteiger partial charge < -0.3 is 15.9 Å². The zero-order chi connectivity index (χ0) is 24.1. The lowest BCUT2D eigenvalue weighted by Gasteiger charge is -2.17. The average Bonchev–Trinajstić information content (AvgIpc) is 3.18. The molecule has 0 radical (unpaired) electrons. The van der Waals surface area contributed by atoms with Crippen LogP contribution in [0.1, 0.15) is 33.3 Å². The third-order valence-electron chi connectivity index (χ3n) is 5.37. The Hall–Kier alpha value is -3.78. The van der Waals surface area contributed by atoms with E-state index in [1.807, 2.05) is 93.6 Å². The molecule has 4 aromatic rings. The minimum Gasteiger partial charge on any atom is -0.485 e. The number of thioether (sulfide) groups is 1. The standard InChI is InChI=1S/C26H27N5O2S/c1-17-12-14-21(15-13-17)28-25(32)24(20-10-5-4-6-11-20)34-26-30-29-22(31(26)27)16-33-23-18(2)8-7-9-19(23)3/h4-15,24H,16,27H2,1-3H3,(H,28,32). The number of nitrogens with two attached hydrogens (primary N) is 1. The summed E-state index contributed by atoms with van der Waals surface area (Å²) in [5.74, 6) is 7.40. The van der Waals surface area contributed by atoms with Crippen molar-refractivity contribution in [2.75, 3.05) is 11.2 Å². The van der Waals surface area contributed by atoms with Crippen LogP contribution >= 0.6 is 11.8 Å². The molecule has 0 spiro atoms. The van der Waals surface area contributed by atoms with Gasteiger partial charge in [-0.2, -0.15) is 0 Å². The molecule has 0 fully saturated rings. The van der Waals surface area contributed by atoms with Crippen LogP contribution in [0.5, 0.6) is 5.75 Å². The summed E-state index contributed by atoms with van der Waals surface area (Å²) in [7, 11) is 0. The van der Waals surface area contributed by atoms with E-state index in [1.165, 1.54) is 16.4 Å². The first kappa shape index (κ1) is 23.4. The van der Waals surface area contributed by atoms with Crippen LogP contribution in [0.25, 0.3) is 0 Å². The van der Waals surface area contributed by atoms with E-state index >= 15 is 0 Å². The van der Waals surface area contributed by atoms with Crippen molar-refractivity contribution in [3.8, 4) is 5.75 Å². The maximum Gasteiger partial charge on any atom is 0.242 e. The Morgan fingerprint density at radius 2 is 1.65 bits per heavy atom. The molecule has 0 bridgehead atoms. The normalized spacial score (nSPS) is 11.7. The second-order valence-electron chi connectivity index (χ2n) is 8.04. The van der Waals surface area contributed by atoms with E-state index in [-0.39, 0.29) is 12.5 Å². The molecule has 4 rings (SSSR count). The van der Waals surface area contributed by atoms with E-state index in [4.69, 9.17) is 10.6 Å². The van der Waals surface area contributed by atoms with E-state index in [0.29, 0.717) is 11.0 Å². The molecule has 1 unspecified atom stereocenters. The molecule has 0 aliphatic rings. The van der Waals surface area contributed by atoms with Crippen LogP contribution in [-0.2, 0) is 11.4 Å². The molecule has 174 valence electrons. The SMILES string of the molecule is Cc1ccc(NC(=O)C(Sc2nnc(COc3c(C)cccc3C)n2N)c2ccccc2)cc1. The van der Waals surface area contributed by atoms with Crippen molar-refractivity contribution < 1.29 is 9.53 Å². The largest absolute Gasteiger partial charge is 0.485 e. The number of carbonyl (C=O) groups excluding carboxylic acids is 1. The zero-order valence-corrected chi connectivity index (χ0v) is 20.2. The number of hydrogen-bond donors (Lipinski definition) is 2. The third kappa shape index (κ3) is 5.40. The summed E-state index contributed by atoms with van der Waals surface area (Å²) in [5, 5.41) is 11.3. The predicted molar refractivity (Wildman–Crippen MR) is 135 cm³/mol. The van der Waals surface area contributed by atoms with Gasteiger partial charge in [-0.15, -0.1) is 10.2 Å². The maximum absolute atomic E-state index is 13.3. The van der Waals surface area contributed by atoms with Gasteiger partial charge in [0.1, 0.15) is 17.6 Å². The lowest BCUT2D eigenvalue weighted by molar-refractivity contribution is -0.115. The summed E-state index contributed by atoms with van der Waals surface area (Å²) in [5.41, 5.74) is 4.77. The van der Waals surface area contributed by atoms with Crippen LogP contribution in [0.15, 0.2) is 78.0 Å². The first-order valence-corrected chi connectivity index (χ1v) is 11.8. The van der Waals surface area contributed by atoms with Crippen molar-refractivity contribution in [3.63, 3.8) is 0 Å². The number of rotatable bonds is 8. The molecule has 34 heavy (non-hydrogen) atoms. The number of ether oxygens (including phenoxy) is 1. The molecule has 3 N–H and O–H groups in total. The lowest BCUT2D eigenvalue weighted by Crippen LogP contribution is -2.21. The van der Waals surface area contributed by atoms with Crippen LogP contribution in [0.2, 0.25) is 0 Å². The van der Waals surface area contributed by atoms with Crippen molar-refractivity contribution in [1.82, 2.24) is 14.9 Å². The van der Waals surface area contributed by atoms with E-state index in [1.54, 1.807) is 0 Å². The molecule has 7 nitrogen and oxygen atoms in total. The quantitative estimate of drug-likeness (QED) is 0.277. The van der Waals surface area contributed by atoms with Crippen LogP contribution in [0.4, 0.5) is 5.69 Å². The van der Waals surface area contributed by atoms with Crippen molar-refractivity contribution in [1.29, 1.82) is 0 Å². The Morgan fingerprint density at radius 3 is 2.32 bits per heavy atom. The highest BCUT2D eigenvalue weighted by Crippen LogP contribution is 2.35. The molecule has 1 heterocycles. The van der Waals surface area contributed by atoms with Gasteiger partial charge in [0.15, 0.2) is 5.82 Å². The van der Waals surface area contributed by atoms with E-state index in [9.17, 15) is 4.79 Å². The first-order valence-electron chi connectivity index (χ1n) is 10.9. The predicted octanol–water partition coefficient (Wildman–Crippen LogP) is 4.97. The van der Waals surface area contributed by atoms with Gasteiger partial charge in [0.05, 0.1) is 0 Å². The van der Waals surface area contributed by atoms with E-state index < -0.39 is 5.25 Å². The van der Waals surface area contributed by atoms with Gasteiger partial charge in [-0.05, 0) is 49.6 Å². The number of para-hydroxylation sites is 1. The number of nitrogens with zero attached hydrogens (tertiary/aromatic N) is 3. The number of nitrogen functional groups attached to an aromatic ring is 1.